The van der Waals surface area contributed by atoms with Gasteiger partial charge in [-0.3, -0.25) is 0 Å². The Balaban J connectivity index is -0.00000000500. The maximum atomic E-state index is 3.39. The van der Waals surface area contributed by atoms with Crippen LogP contribution in [0.15, 0.2) is 0 Å². The Hall–Kier alpha value is 3.63. The van der Waals surface area contributed by atoms with E-state index in [0.717, 1.165) is 8.85 Å². The normalized spacial score (nSPS) is 2.25. The van der Waals surface area contributed by atoms with Crippen LogP contribution in [-0.2, 0) is 15.4 Å². The summed E-state index contributed by atoms with van der Waals surface area (Å²) in [7, 11) is 1.06. The fourth-order valence-electron chi connectivity index (χ4n) is 0. The molecule has 0 aliphatic rings. The van der Waals surface area contributed by atoms with Crippen LogP contribution >= 0.6 is 0 Å². The molecule has 0 fully saturated rings. The van der Waals surface area contributed by atoms with E-state index >= 15 is 0 Å². The topological polar surface area (TPSA) is 0 Å². The van der Waals surface area contributed by atoms with Crippen LogP contribution in [0.25, 0.3) is 0 Å². The van der Waals surface area contributed by atoms with Crippen molar-refractivity contribution in [3.05, 3.63) is 0 Å². The molecule has 0 saturated carbocycles. The molecule has 0 rings (SSSR count). The van der Waals surface area contributed by atoms with Gasteiger partial charge in [0, 0.05) is 0 Å². The van der Waals surface area contributed by atoms with Gasteiger partial charge in [0.1, 0.15) is 0 Å². The minimum absolute atomic E-state index is 0. The molecule has 0 unspecified atom stereocenters. The summed E-state index contributed by atoms with van der Waals surface area (Å²) in [6, 6.07) is 0. The van der Waals surface area contributed by atoms with E-state index < -0.39 is 0 Å². The molecule has 0 aromatic rings. The molecule has 0 aromatic heterocycles. The zero-order chi connectivity index (χ0) is 2.00. The average molecular weight is 169 g/mol. The van der Waals surface area contributed by atoms with Crippen LogP contribution in [0.5, 0.6) is 0 Å². The second-order valence-electron chi connectivity index (χ2n) is 0. The Morgan fingerprint density at radius 1 is 1.25 bits per heavy atom. The van der Waals surface area contributed by atoms with Crippen molar-refractivity contribution < 1.29 is 15.4 Å². The predicted molar refractivity (Wildman–Crippen MR) is 25.6 cm³/mol. The summed E-state index contributed by atoms with van der Waals surface area (Å²) >= 11 is 3.39. The second-order valence-corrected chi connectivity index (χ2v) is 0. The fourth-order valence-corrected chi connectivity index (χ4v) is 0. The first-order chi connectivity index (χ1) is 1.00. The summed E-state index contributed by atoms with van der Waals surface area (Å²) in [4.78, 5) is 0. The third-order valence-corrected chi connectivity index (χ3v) is 0. The van der Waals surface area contributed by atoms with Crippen molar-refractivity contribution in [3.8, 4) is 0 Å². The molecule has 0 spiro atoms. The van der Waals surface area contributed by atoms with Crippen molar-refractivity contribution >= 4 is 98.0 Å². The van der Waals surface area contributed by atoms with E-state index in [1.54, 1.807) is 0 Å². The second kappa shape index (κ2) is 15.9. The quantitative estimate of drug-likeness (QED) is 0.345. The van der Waals surface area contributed by atoms with Gasteiger partial charge in [0.15, 0.2) is 0 Å². The van der Waals surface area contributed by atoms with Gasteiger partial charge in [0.25, 0.3) is 0 Å². The van der Waals surface area contributed by atoms with Crippen LogP contribution in [0, 0.1) is 0 Å². The molecule has 0 bridgehead atoms. The van der Waals surface area contributed by atoms with E-state index in [1.807, 2.05) is 0 Å². The number of rotatable bonds is 0. The first kappa shape index (κ1) is 15.6. The van der Waals surface area contributed by atoms with E-state index in [0.29, 0.717) is 0 Å². The van der Waals surface area contributed by atoms with Gasteiger partial charge in [-0.15, -0.1) is 0 Å². The Bertz CT molecular complexity index is 8.00. The molecule has 0 heterocycles. The van der Waals surface area contributed by atoms with Gasteiger partial charge in [-0.2, -0.15) is 0 Å². The first-order valence-corrected chi connectivity index (χ1v) is 4.37. The summed E-state index contributed by atoms with van der Waals surface area (Å²) in [5, 5.41) is 0. The zero-order valence-corrected chi connectivity index (χ0v) is 4.46. The molecular formula is H6CaFeKSi. The van der Waals surface area contributed by atoms with Gasteiger partial charge in [0.2, 0.25) is 0 Å². The van der Waals surface area contributed by atoms with Crippen molar-refractivity contribution in [1.82, 2.24) is 0 Å². The molecule has 0 atom stereocenters. The molecule has 0 aromatic carbocycles. The summed E-state index contributed by atoms with van der Waals surface area (Å²) < 4.78 is 0. The van der Waals surface area contributed by atoms with E-state index in [1.165, 1.54) is 0 Å². The Morgan fingerprint density at radius 3 is 1.25 bits per heavy atom. The molecule has 0 nitrogen and oxygen atoms in total. The van der Waals surface area contributed by atoms with Crippen molar-refractivity contribution in [2.75, 3.05) is 0 Å². The SMILES string of the molecule is [CaH2].[KH].[SiH3][Fe]. The van der Waals surface area contributed by atoms with E-state index in [9.17, 15) is 0 Å². The molecule has 0 amide bonds. The van der Waals surface area contributed by atoms with Gasteiger partial charge in [-0.25, -0.2) is 0 Å². The van der Waals surface area contributed by atoms with Crippen LogP contribution in [0.4, 0.5) is 0 Å². The fraction of sp³-hybridized carbons (Fsp3) is 0. The molecule has 0 aliphatic heterocycles. The van der Waals surface area contributed by atoms with Crippen LogP contribution in [-0.4, -0.2) is 98.0 Å². The van der Waals surface area contributed by atoms with Crippen LogP contribution in [0.2, 0.25) is 0 Å². The van der Waals surface area contributed by atoms with Gasteiger partial charge in [-0.05, 0) is 0 Å². The molecule has 0 saturated heterocycles. The maximum absolute atomic E-state index is 3.39. The van der Waals surface area contributed by atoms with Gasteiger partial charge in [0.05, 0.1) is 0 Å². The van der Waals surface area contributed by atoms with Crippen LogP contribution in [0.3, 0.4) is 0 Å². The van der Waals surface area contributed by atoms with Gasteiger partial charge >= 0.3 is 113 Å². The van der Waals surface area contributed by atoms with Crippen molar-refractivity contribution in [1.29, 1.82) is 0 Å². The molecule has 0 radical (unpaired) electrons. The Morgan fingerprint density at radius 2 is 1.25 bits per heavy atom. The summed E-state index contributed by atoms with van der Waals surface area (Å²) in [5.74, 6) is 0. The average Bonchev–Trinajstić information content (AvgIpc) is 1.00. The predicted octanol–water partition coefficient (Wildman–Crippen LogP) is -2.75. The number of hydrogen-bond acceptors (Lipinski definition) is 0. The van der Waals surface area contributed by atoms with E-state index in [4.69, 9.17) is 0 Å². The Labute approximate surface area is 110 Å². The zero-order valence-electron chi connectivity index (χ0n) is 1.35. The molecule has 21 valence electrons. The van der Waals surface area contributed by atoms with E-state index in [2.05, 4.69) is 15.4 Å². The van der Waals surface area contributed by atoms with Crippen LogP contribution < -0.4 is 0 Å². The molecular weight excluding hydrogens is 163 g/mol. The first-order valence-electron chi connectivity index (χ1n) is 0.354. The third kappa shape index (κ3) is 9.16. The third-order valence-electron chi connectivity index (χ3n) is 0. The van der Waals surface area contributed by atoms with Crippen LogP contribution in [0.1, 0.15) is 0 Å². The molecule has 4 heavy (non-hydrogen) atoms. The van der Waals surface area contributed by atoms with Gasteiger partial charge in [-0.1, -0.05) is 0 Å². The molecule has 0 aliphatic carbocycles. The van der Waals surface area contributed by atoms with Crippen molar-refractivity contribution in [2.45, 2.75) is 0 Å². The monoisotopic (exact) mass is 169 g/mol. The molecule has 0 N–H and O–H groups in total. The Kier molecular flexibility index (Phi) is 62.4. The molecule has 4 heteroatoms. The van der Waals surface area contributed by atoms with Crippen molar-refractivity contribution in [2.24, 2.45) is 0 Å². The summed E-state index contributed by atoms with van der Waals surface area (Å²) in [6.45, 7) is 0. The van der Waals surface area contributed by atoms with Crippen molar-refractivity contribution in [3.63, 3.8) is 0 Å². The van der Waals surface area contributed by atoms with E-state index in [-0.39, 0.29) is 89.1 Å². The van der Waals surface area contributed by atoms with Gasteiger partial charge < -0.3 is 0 Å². The number of hydrogen-bond donors (Lipinski definition) is 0. The summed E-state index contributed by atoms with van der Waals surface area (Å²) in [6.07, 6.45) is 0. The minimum atomic E-state index is 0. The standard InChI is InChI=1S/Ca.Fe.K.H3Si.3H/h;;;1H3;;;. The summed E-state index contributed by atoms with van der Waals surface area (Å²) in [5.41, 5.74) is 0.